The van der Waals surface area contributed by atoms with Gasteiger partial charge in [-0.25, -0.2) is 0 Å². The zero-order valence-corrected chi connectivity index (χ0v) is 17.4. The van der Waals surface area contributed by atoms with Crippen LogP contribution in [0.15, 0.2) is 17.1 Å². The zero-order valence-electron chi connectivity index (χ0n) is 14.4. The second-order valence-corrected chi connectivity index (χ2v) is 5.92. The smallest absolute Gasteiger partial charge is 0.191 e. The molecule has 0 bridgehead atoms. The molecule has 0 saturated heterocycles. The Labute approximate surface area is 166 Å². The van der Waals surface area contributed by atoms with E-state index in [9.17, 15) is 0 Å². The Morgan fingerprint density at radius 2 is 2.00 bits per heavy atom. The molecule has 0 saturated carbocycles. The van der Waals surface area contributed by atoms with Crippen molar-refractivity contribution in [2.45, 2.75) is 39.2 Å². The van der Waals surface area contributed by atoms with E-state index in [4.69, 9.17) is 21.1 Å². The van der Waals surface area contributed by atoms with Crippen LogP contribution in [0.2, 0.25) is 5.02 Å². The number of halogens is 2. The summed E-state index contributed by atoms with van der Waals surface area (Å²) in [5.74, 6) is 2.16. The predicted octanol–water partition coefficient (Wildman–Crippen LogP) is 3.97. The first-order valence-electron chi connectivity index (χ1n) is 8.27. The molecule has 2 N–H and O–H groups in total. The van der Waals surface area contributed by atoms with E-state index in [-0.39, 0.29) is 24.0 Å². The minimum absolute atomic E-state index is 0. The van der Waals surface area contributed by atoms with Crippen molar-refractivity contribution in [3.63, 3.8) is 0 Å². The Hall–Kier alpha value is -0.890. The standard InChI is InChI=1S/C17H26ClN3O2.HI/c1-3-4-5-7-20-17(19-2)21-12-13-10-14(18)16-15(11-13)22-8-6-9-23-16;/h10-11H,3-9,12H2,1-2H3,(H2,19,20,21);1H. The molecule has 1 heterocycles. The van der Waals surface area contributed by atoms with Crippen molar-refractivity contribution >= 4 is 41.5 Å². The average Bonchev–Trinajstić information content (AvgIpc) is 2.80. The highest BCUT2D eigenvalue weighted by molar-refractivity contribution is 14.0. The highest BCUT2D eigenvalue weighted by atomic mass is 127. The molecule has 1 aliphatic heterocycles. The summed E-state index contributed by atoms with van der Waals surface area (Å²) in [6.45, 7) is 5.04. The average molecular weight is 468 g/mol. The largest absolute Gasteiger partial charge is 0.489 e. The minimum atomic E-state index is 0. The Morgan fingerprint density at radius 1 is 1.21 bits per heavy atom. The number of nitrogens with zero attached hydrogens (tertiary/aromatic N) is 1. The molecule has 0 fully saturated rings. The molecule has 1 aromatic rings. The van der Waals surface area contributed by atoms with E-state index in [0.717, 1.165) is 36.7 Å². The Balaban J connectivity index is 0.00000288. The van der Waals surface area contributed by atoms with E-state index < -0.39 is 0 Å². The molecule has 0 aliphatic carbocycles. The van der Waals surface area contributed by atoms with Gasteiger partial charge in [0.15, 0.2) is 17.5 Å². The van der Waals surface area contributed by atoms with Gasteiger partial charge in [-0.1, -0.05) is 31.4 Å². The summed E-state index contributed by atoms with van der Waals surface area (Å²) in [7, 11) is 1.77. The maximum atomic E-state index is 6.31. The van der Waals surface area contributed by atoms with Crippen molar-refractivity contribution in [3.05, 3.63) is 22.7 Å². The van der Waals surface area contributed by atoms with Crippen LogP contribution in [-0.4, -0.2) is 32.8 Å². The highest BCUT2D eigenvalue weighted by Crippen LogP contribution is 2.37. The van der Waals surface area contributed by atoms with Gasteiger partial charge in [0.1, 0.15) is 0 Å². The molecule has 0 spiro atoms. The van der Waals surface area contributed by atoms with E-state index in [1.165, 1.54) is 12.8 Å². The van der Waals surface area contributed by atoms with Crippen LogP contribution < -0.4 is 20.1 Å². The molecule has 1 aliphatic rings. The monoisotopic (exact) mass is 467 g/mol. The van der Waals surface area contributed by atoms with E-state index in [2.05, 4.69) is 22.5 Å². The molecular weight excluding hydrogens is 441 g/mol. The van der Waals surface area contributed by atoms with Gasteiger partial charge in [-0.2, -0.15) is 0 Å². The van der Waals surface area contributed by atoms with Crippen LogP contribution in [0.25, 0.3) is 0 Å². The van der Waals surface area contributed by atoms with Crippen molar-refractivity contribution in [3.8, 4) is 11.5 Å². The van der Waals surface area contributed by atoms with Crippen molar-refractivity contribution in [2.24, 2.45) is 4.99 Å². The van der Waals surface area contributed by atoms with Gasteiger partial charge in [0.25, 0.3) is 0 Å². The van der Waals surface area contributed by atoms with Gasteiger partial charge in [-0.05, 0) is 24.1 Å². The lowest BCUT2D eigenvalue weighted by atomic mass is 10.2. The Bertz CT molecular complexity index is 541. The molecule has 1 aromatic carbocycles. The van der Waals surface area contributed by atoms with Crippen LogP contribution in [-0.2, 0) is 6.54 Å². The summed E-state index contributed by atoms with van der Waals surface area (Å²) in [5.41, 5.74) is 1.04. The van der Waals surface area contributed by atoms with E-state index in [1.807, 2.05) is 12.1 Å². The number of fused-ring (bicyclic) bond motifs is 1. The van der Waals surface area contributed by atoms with Gasteiger partial charge in [-0.15, -0.1) is 24.0 Å². The first-order valence-corrected chi connectivity index (χ1v) is 8.65. The van der Waals surface area contributed by atoms with Gasteiger partial charge in [0.2, 0.25) is 0 Å². The number of hydrogen-bond acceptors (Lipinski definition) is 3. The van der Waals surface area contributed by atoms with Crippen LogP contribution in [0.5, 0.6) is 11.5 Å². The number of hydrogen-bond donors (Lipinski definition) is 2. The summed E-state index contributed by atoms with van der Waals surface area (Å²) in [5, 5.41) is 7.20. The second kappa shape index (κ2) is 11.6. The van der Waals surface area contributed by atoms with Crippen molar-refractivity contribution in [1.29, 1.82) is 0 Å². The van der Waals surface area contributed by atoms with Crippen LogP contribution >= 0.6 is 35.6 Å². The lowest BCUT2D eigenvalue weighted by Crippen LogP contribution is -2.37. The van der Waals surface area contributed by atoms with Crippen LogP contribution in [0.3, 0.4) is 0 Å². The molecule has 24 heavy (non-hydrogen) atoms. The number of nitrogens with one attached hydrogen (secondary N) is 2. The quantitative estimate of drug-likeness (QED) is 0.288. The molecule has 5 nitrogen and oxygen atoms in total. The SMILES string of the molecule is CCCCCNC(=NC)NCc1cc(Cl)c2c(c1)OCCCO2.I. The maximum absolute atomic E-state index is 6.31. The zero-order chi connectivity index (χ0) is 16.5. The molecule has 0 amide bonds. The summed E-state index contributed by atoms with van der Waals surface area (Å²) >= 11 is 6.31. The van der Waals surface area contributed by atoms with E-state index in [1.54, 1.807) is 7.05 Å². The predicted molar refractivity (Wildman–Crippen MR) is 110 cm³/mol. The molecule has 0 radical (unpaired) electrons. The number of aliphatic imine (C=N–C) groups is 1. The number of unbranched alkanes of at least 4 members (excludes halogenated alkanes) is 2. The molecular formula is C17H27ClIN3O2. The van der Waals surface area contributed by atoms with Gasteiger partial charge in [0, 0.05) is 26.6 Å². The van der Waals surface area contributed by atoms with Gasteiger partial charge >= 0.3 is 0 Å². The molecule has 0 unspecified atom stereocenters. The molecule has 2 rings (SSSR count). The molecule has 0 aromatic heterocycles. The number of guanidine groups is 1. The number of rotatable bonds is 6. The number of ether oxygens (including phenoxy) is 2. The molecule has 136 valence electrons. The van der Waals surface area contributed by atoms with Crippen molar-refractivity contribution in [2.75, 3.05) is 26.8 Å². The lowest BCUT2D eigenvalue weighted by molar-refractivity contribution is 0.297. The van der Waals surface area contributed by atoms with Gasteiger partial charge in [0.05, 0.1) is 18.2 Å². The summed E-state index contributed by atoms with van der Waals surface area (Å²) < 4.78 is 11.4. The van der Waals surface area contributed by atoms with E-state index in [0.29, 0.717) is 30.5 Å². The molecule has 0 atom stereocenters. The van der Waals surface area contributed by atoms with Gasteiger partial charge < -0.3 is 20.1 Å². The Kier molecular flexibility index (Phi) is 10.2. The second-order valence-electron chi connectivity index (χ2n) is 5.52. The summed E-state index contributed by atoms with van der Waals surface area (Å²) in [6.07, 6.45) is 4.45. The maximum Gasteiger partial charge on any atom is 0.191 e. The number of benzene rings is 1. The van der Waals surface area contributed by atoms with E-state index >= 15 is 0 Å². The fraction of sp³-hybridized carbons (Fsp3) is 0.588. The highest BCUT2D eigenvalue weighted by Gasteiger charge is 2.15. The van der Waals surface area contributed by atoms with Crippen LogP contribution in [0.4, 0.5) is 0 Å². The summed E-state index contributed by atoms with van der Waals surface area (Å²) in [4.78, 5) is 4.23. The summed E-state index contributed by atoms with van der Waals surface area (Å²) in [6, 6.07) is 3.89. The third-order valence-electron chi connectivity index (χ3n) is 3.62. The Morgan fingerprint density at radius 3 is 2.75 bits per heavy atom. The fourth-order valence-corrected chi connectivity index (χ4v) is 2.66. The topological polar surface area (TPSA) is 54.9 Å². The van der Waals surface area contributed by atoms with Crippen molar-refractivity contribution < 1.29 is 9.47 Å². The van der Waals surface area contributed by atoms with Crippen molar-refractivity contribution in [1.82, 2.24) is 10.6 Å². The first-order chi connectivity index (χ1) is 11.2. The third-order valence-corrected chi connectivity index (χ3v) is 3.90. The molecule has 7 heteroatoms. The fourth-order valence-electron chi connectivity index (χ4n) is 2.37. The lowest BCUT2D eigenvalue weighted by Gasteiger charge is -2.14. The van der Waals surface area contributed by atoms with Crippen LogP contribution in [0, 0.1) is 0 Å². The van der Waals surface area contributed by atoms with Gasteiger partial charge in [-0.3, -0.25) is 4.99 Å². The minimum Gasteiger partial charge on any atom is -0.489 e. The first kappa shape index (κ1) is 21.2. The third kappa shape index (κ3) is 6.55. The van der Waals surface area contributed by atoms with Crippen LogP contribution in [0.1, 0.15) is 38.2 Å². The normalized spacial score (nSPS) is 13.7.